The van der Waals surface area contributed by atoms with Crippen LogP contribution in [0.2, 0.25) is 5.02 Å². The lowest BCUT2D eigenvalue weighted by atomic mass is 10.2. The molecule has 0 saturated heterocycles. The summed E-state index contributed by atoms with van der Waals surface area (Å²) in [6.07, 6.45) is -4.97. The molecule has 0 radical (unpaired) electrons. The van der Waals surface area contributed by atoms with Crippen LogP contribution in [0.3, 0.4) is 0 Å². The van der Waals surface area contributed by atoms with Crippen LogP contribution in [-0.4, -0.2) is 0 Å². The van der Waals surface area contributed by atoms with Gasteiger partial charge in [0.05, 0.1) is 10.4 Å². The molecule has 4 nitrogen and oxygen atoms in total. The highest BCUT2D eigenvalue weighted by molar-refractivity contribution is 6.32. The molecule has 4 aromatic rings. The van der Waals surface area contributed by atoms with Crippen molar-refractivity contribution >= 4 is 22.6 Å². The van der Waals surface area contributed by atoms with E-state index in [0.29, 0.717) is 0 Å². The number of hydrogen-bond donors (Lipinski definition) is 0. The van der Waals surface area contributed by atoms with E-state index < -0.39 is 23.1 Å². The molecule has 0 aliphatic rings. The zero-order valence-electron chi connectivity index (χ0n) is 15.8. The van der Waals surface area contributed by atoms with E-state index in [1.54, 1.807) is 6.07 Å². The van der Waals surface area contributed by atoms with Gasteiger partial charge in [-0.05, 0) is 29.8 Å². The summed E-state index contributed by atoms with van der Waals surface area (Å²) in [4.78, 5) is 12.8. The molecule has 1 heterocycles. The van der Waals surface area contributed by atoms with Gasteiger partial charge in [0.1, 0.15) is 23.7 Å². The molecule has 0 fully saturated rings. The van der Waals surface area contributed by atoms with E-state index in [9.17, 15) is 18.0 Å². The second-order valence-electron chi connectivity index (χ2n) is 6.55. The van der Waals surface area contributed by atoms with Gasteiger partial charge in [-0.3, -0.25) is 4.79 Å². The lowest BCUT2D eigenvalue weighted by molar-refractivity contribution is -0.154. The molecule has 0 bridgehead atoms. The van der Waals surface area contributed by atoms with Crippen molar-refractivity contribution in [2.75, 3.05) is 0 Å². The smallest absolute Gasteiger partial charge is 0.453 e. The maximum Gasteiger partial charge on any atom is 0.453 e. The molecule has 0 unspecified atom stereocenters. The van der Waals surface area contributed by atoms with Gasteiger partial charge in [-0.1, -0.05) is 54.1 Å². The summed E-state index contributed by atoms with van der Waals surface area (Å²) >= 11 is 5.96. The molecule has 0 aliphatic heterocycles. The number of benzene rings is 3. The molecule has 4 rings (SSSR count). The zero-order chi connectivity index (χ0) is 22.0. The molecule has 8 heteroatoms. The Labute approximate surface area is 179 Å². The van der Waals surface area contributed by atoms with Gasteiger partial charge in [0.25, 0.3) is 5.76 Å². The predicted molar refractivity (Wildman–Crippen MR) is 110 cm³/mol. The third-order valence-corrected chi connectivity index (χ3v) is 4.69. The van der Waals surface area contributed by atoms with E-state index >= 15 is 0 Å². The van der Waals surface area contributed by atoms with Gasteiger partial charge in [-0.25, -0.2) is 0 Å². The minimum atomic E-state index is -4.97. The molecule has 0 saturated carbocycles. The van der Waals surface area contributed by atoms with Crippen molar-refractivity contribution < 1.29 is 27.1 Å². The molecule has 0 amide bonds. The Hall–Kier alpha value is -3.45. The minimum Gasteiger partial charge on any atom is -0.489 e. The van der Waals surface area contributed by atoms with Gasteiger partial charge in [-0.2, -0.15) is 13.2 Å². The monoisotopic (exact) mass is 446 g/mol. The second kappa shape index (κ2) is 8.35. The first-order valence-corrected chi connectivity index (χ1v) is 9.48. The number of para-hydroxylation sites is 1. The Morgan fingerprint density at radius 3 is 2.35 bits per heavy atom. The number of hydrogen-bond acceptors (Lipinski definition) is 4. The fourth-order valence-corrected chi connectivity index (χ4v) is 3.08. The molecule has 158 valence electrons. The molecular weight excluding hydrogens is 433 g/mol. The van der Waals surface area contributed by atoms with E-state index in [-0.39, 0.29) is 34.1 Å². The van der Waals surface area contributed by atoms with Crippen molar-refractivity contribution in [1.29, 1.82) is 0 Å². The molecule has 3 aromatic carbocycles. The van der Waals surface area contributed by atoms with Crippen LogP contribution in [0.4, 0.5) is 13.2 Å². The van der Waals surface area contributed by atoms with Crippen molar-refractivity contribution in [1.82, 2.24) is 0 Å². The van der Waals surface area contributed by atoms with Gasteiger partial charge in [0.15, 0.2) is 0 Å². The van der Waals surface area contributed by atoms with Crippen molar-refractivity contribution in [3.8, 4) is 17.2 Å². The summed E-state index contributed by atoms with van der Waals surface area (Å²) in [7, 11) is 0. The summed E-state index contributed by atoms with van der Waals surface area (Å²) in [6.45, 7) is 0.205. The van der Waals surface area contributed by atoms with Crippen molar-refractivity contribution in [3.05, 3.63) is 99.4 Å². The van der Waals surface area contributed by atoms with E-state index in [1.165, 1.54) is 36.4 Å². The Morgan fingerprint density at radius 1 is 0.935 bits per heavy atom. The van der Waals surface area contributed by atoms with Gasteiger partial charge < -0.3 is 13.9 Å². The molecule has 0 aliphatic carbocycles. The molecule has 0 atom stereocenters. The van der Waals surface area contributed by atoms with E-state index in [2.05, 4.69) is 0 Å². The first-order valence-electron chi connectivity index (χ1n) is 9.10. The first-order chi connectivity index (χ1) is 14.8. The number of rotatable bonds is 5. The summed E-state index contributed by atoms with van der Waals surface area (Å²) in [6, 6.07) is 19.2. The average molecular weight is 447 g/mol. The van der Waals surface area contributed by atoms with Crippen LogP contribution >= 0.6 is 11.6 Å². The Bertz CT molecular complexity index is 1280. The molecule has 0 N–H and O–H groups in total. The van der Waals surface area contributed by atoms with E-state index in [1.807, 2.05) is 30.3 Å². The van der Waals surface area contributed by atoms with Crippen LogP contribution < -0.4 is 14.9 Å². The topological polar surface area (TPSA) is 48.7 Å². The van der Waals surface area contributed by atoms with Crippen LogP contribution in [0.15, 0.2) is 82.0 Å². The summed E-state index contributed by atoms with van der Waals surface area (Å²) in [5, 5.41) is -0.0260. The standard InChI is InChI=1S/C23H14ClF3O4/c24-17-8-4-5-9-18(17)30-21-20(28)16-11-10-15(29-13-14-6-2-1-3-7-14)12-19(16)31-22(21)23(25,26)27/h1-12H,13H2. The van der Waals surface area contributed by atoms with Gasteiger partial charge in [-0.15, -0.1) is 0 Å². The SMILES string of the molecule is O=c1c(Oc2ccccc2Cl)c(C(F)(F)F)oc2cc(OCc3ccccc3)ccc12. The fraction of sp³-hybridized carbons (Fsp3) is 0.0870. The van der Waals surface area contributed by atoms with Gasteiger partial charge >= 0.3 is 6.18 Å². The highest BCUT2D eigenvalue weighted by Gasteiger charge is 2.40. The number of ether oxygens (including phenoxy) is 2. The maximum absolute atomic E-state index is 13.7. The summed E-state index contributed by atoms with van der Waals surface area (Å²) in [5.74, 6) is -2.37. The Balaban J connectivity index is 1.75. The number of alkyl halides is 3. The third-order valence-electron chi connectivity index (χ3n) is 4.38. The second-order valence-corrected chi connectivity index (χ2v) is 6.96. The zero-order valence-corrected chi connectivity index (χ0v) is 16.5. The van der Waals surface area contributed by atoms with Crippen LogP contribution in [0.5, 0.6) is 17.2 Å². The van der Waals surface area contributed by atoms with Crippen LogP contribution in [0.1, 0.15) is 11.3 Å². The van der Waals surface area contributed by atoms with Crippen LogP contribution in [-0.2, 0) is 12.8 Å². The molecular formula is C23H14ClF3O4. The lowest BCUT2D eigenvalue weighted by Crippen LogP contribution is -2.15. The summed E-state index contributed by atoms with van der Waals surface area (Å²) < 4.78 is 56.9. The van der Waals surface area contributed by atoms with Crippen LogP contribution in [0.25, 0.3) is 11.0 Å². The fourth-order valence-electron chi connectivity index (χ4n) is 2.90. The molecule has 0 spiro atoms. The number of fused-ring (bicyclic) bond motifs is 1. The highest BCUT2D eigenvalue weighted by atomic mass is 35.5. The van der Waals surface area contributed by atoms with Gasteiger partial charge in [0, 0.05) is 6.07 Å². The van der Waals surface area contributed by atoms with Crippen molar-refractivity contribution in [3.63, 3.8) is 0 Å². The Kier molecular flexibility index (Phi) is 5.61. The van der Waals surface area contributed by atoms with Crippen LogP contribution in [0, 0.1) is 0 Å². The molecule has 1 aromatic heterocycles. The first kappa shape index (κ1) is 20.8. The van der Waals surface area contributed by atoms with Crippen molar-refractivity contribution in [2.45, 2.75) is 12.8 Å². The average Bonchev–Trinajstić information content (AvgIpc) is 2.75. The van der Waals surface area contributed by atoms with E-state index in [4.69, 9.17) is 25.5 Å². The lowest BCUT2D eigenvalue weighted by Gasteiger charge is -2.14. The Morgan fingerprint density at radius 2 is 1.65 bits per heavy atom. The largest absolute Gasteiger partial charge is 0.489 e. The van der Waals surface area contributed by atoms with E-state index in [0.717, 1.165) is 5.56 Å². The predicted octanol–water partition coefficient (Wildman–Crippen LogP) is 6.84. The number of halogens is 4. The maximum atomic E-state index is 13.7. The minimum absolute atomic E-state index is 0.0554. The quantitative estimate of drug-likeness (QED) is 0.337. The third kappa shape index (κ3) is 4.51. The van der Waals surface area contributed by atoms with Gasteiger partial charge in [0.2, 0.25) is 11.2 Å². The normalized spacial score (nSPS) is 11.5. The molecule has 31 heavy (non-hydrogen) atoms. The summed E-state index contributed by atoms with van der Waals surface area (Å²) in [5.41, 5.74) is -0.360. The highest BCUT2D eigenvalue weighted by Crippen LogP contribution is 2.39. The van der Waals surface area contributed by atoms with Crippen molar-refractivity contribution in [2.24, 2.45) is 0 Å².